The van der Waals surface area contributed by atoms with Gasteiger partial charge in [-0.25, -0.2) is 0 Å². The predicted octanol–water partition coefficient (Wildman–Crippen LogP) is 1.14. The first-order chi connectivity index (χ1) is 7.68. The number of piperazine rings is 1. The summed E-state index contributed by atoms with van der Waals surface area (Å²) in [4.78, 5) is 5.23. The largest absolute Gasteiger partial charge is 0.329 e. The summed E-state index contributed by atoms with van der Waals surface area (Å²) in [6.07, 6.45) is 4.09. The minimum absolute atomic E-state index is 0.228. The van der Waals surface area contributed by atoms with E-state index in [0.717, 1.165) is 18.9 Å². The predicted molar refractivity (Wildman–Crippen MR) is 68.5 cm³/mol. The third-order valence-corrected chi connectivity index (χ3v) is 4.55. The molecule has 0 aromatic rings. The SMILES string of the molecule is CCC(C)(CN)N1CCN(CC2CC2)CC1. The molecule has 2 fully saturated rings. The summed E-state index contributed by atoms with van der Waals surface area (Å²) in [5.41, 5.74) is 6.15. The van der Waals surface area contributed by atoms with E-state index in [1.54, 1.807) is 0 Å². The number of hydrogen-bond donors (Lipinski definition) is 1. The Hall–Kier alpha value is -0.120. The molecule has 1 unspecified atom stereocenters. The molecule has 0 amide bonds. The van der Waals surface area contributed by atoms with Crippen LogP contribution in [0.5, 0.6) is 0 Å². The van der Waals surface area contributed by atoms with E-state index in [9.17, 15) is 0 Å². The Morgan fingerprint density at radius 2 is 1.81 bits per heavy atom. The van der Waals surface area contributed by atoms with E-state index in [1.165, 1.54) is 45.6 Å². The Bertz CT molecular complexity index is 213. The molecule has 94 valence electrons. The molecule has 0 radical (unpaired) electrons. The molecule has 16 heavy (non-hydrogen) atoms. The van der Waals surface area contributed by atoms with Crippen LogP contribution in [0.15, 0.2) is 0 Å². The third kappa shape index (κ3) is 2.76. The van der Waals surface area contributed by atoms with Gasteiger partial charge in [0, 0.05) is 44.8 Å². The molecule has 1 heterocycles. The van der Waals surface area contributed by atoms with Gasteiger partial charge in [-0.3, -0.25) is 4.90 Å². The van der Waals surface area contributed by atoms with Gasteiger partial charge in [-0.1, -0.05) is 6.92 Å². The van der Waals surface area contributed by atoms with Gasteiger partial charge in [-0.05, 0) is 32.1 Å². The van der Waals surface area contributed by atoms with Gasteiger partial charge in [0.15, 0.2) is 0 Å². The van der Waals surface area contributed by atoms with Crippen molar-refractivity contribution in [3.8, 4) is 0 Å². The van der Waals surface area contributed by atoms with Gasteiger partial charge in [0.05, 0.1) is 0 Å². The van der Waals surface area contributed by atoms with Crippen molar-refractivity contribution in [3.05, 3.63) is 0 Å². The molecule has 0 aromatic carbocycles. The van der Waals surface area contributed by atoms with Gasteiger partial charge in [-0.2, -0.15) is 0 Å². The Morgan fingerprint density at radius 3 is 2.25 bits per heavy atom. The number of hydrogen-bond acceptors (Lipinski definition) is 3. The minimum atomic E-state index is 0.228. The van der Waals surface area contributed by atoms with Crippen LogP contribution in [0.25, 0.3) is 0 Å². The van der Waals surface area contributed by atoms with Crippen molar-refractivity contribution < 1.29 is 0 Å². The van der Waals surface area contributed by atoms with E-state index in [1.807, 2.05) is 0 Å². The number of nitrogens with two attached hydrogens (primary N) is 1. The van der Waals surface area contributed by atoms with Crippen molar-refractivity contribution >= 4 is 0 Å². The minimum Gasteiger partial charge on any atom is -0.329 e. The van der Waals surface area contributed by atoms with Crippen LogP contribution in [-0.2, 0) is 0 Å². The first-order valence-electron chi connectivity index (χ1n) is 6.85. The lowest BCUT2D eigenvalue weighted by atomic mass is 9.95. The summed E-state index contributed by atoms with van der Waals surface area (Å²) in [5, 5.41) is 0. The first kappa shape index (κ1) is 12.3. The van der Waals surface area contributed by atoms with Gasteiger partial charge < -0.3 is 10.6 Å². The smallest absolute Gasteiger partial charge is 0.0302 e. The fourth-order valence-electron chi connectivity index (χ4n) is 2.63. The molecule has 0 spiro atoms. The quantitative estimate of drug-likeness (QED) is 0.761. The fraction of sp³-hybridized carbons (Fsp3) is 1.00. The van der Waals surface area contributed by atoms with Crippen LogP contribution in [0.4, 0.5) is 0 Å². The molecule has 3 nitrogen and oxygen atoms in total. The van der Waals surface area contributed by atoms with Gasteiger partial charge in [0.25, 0.3) is 0 Å². The molecular weight excluding hydrogens is 198 g/mol. The van der Waals surface area contributed by atoms with E-state index in [-0.39, 0.29) is 5.54 Å². The van der Waals surface area contributed by atoms with E-state index in [0.29, 0.717) is 0 Å². The summed E-state index contributed by atoms with van der Waals surface area (Å²) in [5.74, 6) is 1.03. The topological polar surface area (TPSA) is 32.5 Å². The van der Waals surface area contributed by atoms with E-state index in [4.69, 9.17) is 5.73 Å². The highest BCUT2D eigenvalue weighted by Gasteiger charge is 2.32. The summed E-state index contributed by atoms with van der Waals surface area (Å²) in [7, 11) is 0. The average Bonchev–Trinajstić information content (AvgIpc) is 3.13. The summed E-state index contributed by atoms with van der Waals surface area (Å²) >= 11 is 0. The van der Waals surface area contributed by atoms with E-state index >= 15 is 0 Å². The molecule has 1 aliphatic carbocycles. The molecule has 0 bridgehead atoms. The molecular formula is C13H27N3. The van der Waals surface area contributed by atoms with Crippen LogP contribution in [0.1, 0.15) is 33.1 Å². The number of nitrogens with zero attached hydrogens (tertiary/aromatic N) is 2. The van der Waals surface area contributed by atoms with Crippen LogP contribution >= 0.6 is 0 Å². The second-order valence-electron chi connectivity index (χ2n) is 5.79. The molecule has 1 saturated heterocycles. The van der Waals surface area contributed by atoms with E-state index < -0.39 is 0 Å². The van der Waals surface area contributed by atoms with Crippen LogP contribution in [0.3, 0.4) is 0 Å². The summed E-state index contributed by atoms with van der Waals surface area (Å²) in [6.45, 7) is 11.6. The second-order valence-corrected chi connectivity index (χ2v) is 5.79. The summed E-state index contributed by atoms with van der Waals surface area (Å²) < 4.78 is 0. The third-order valence-electron chi connectivity index (χ3n) is 4.55. The zero-order chi connectivity index (χ0) is 11.6. The highest BCUT2D eigenvalue weighted by atomic mass is 15.3. The lowest BCUT2D eigenvalue weighted by Gasteiger charge is -2.45. The molecule has 2 aliphatic rings. The normalized spacial score (nSPS) is 27.9. The molecule has 1 saturated carbocycles. The van der Waals surface area contributed by atoms with Crippen LogP contribution in [0, 0.1) is 5.92 Å². The molecule has 0 aromatic heterocycles. The Labute approximate surface area is 100.0 Å². The zero-order valence-corrected chi connectivity index (χ0v) is 10.9. The van der Waals surface area contributed by atoms with Gasteiger partial charge in [0.1, 0.15) is 0 Å². The molecule has 1 atom stereocenters. The summed E-state index contributed by atoms with van der Waals surface area (Å²) in [6, 6.07) is 0. The molecule has 3 heteroatoms. The maximum absolute atomic E-state index is 5.92. The van der Waals surface area contributed by atoms with Crippen molar-refractivity contribution in [1.82, 2.24) is 9.80 Å². The first-order valence-corrected chi connectivity index (χ1v) is 6.85. The van der Waals surface area contributed by atoms with Crippen LogP contribution in [0.2, 0.25) is 0 Å². The van der Waals surface area contributed by atoms with Crippen LogP contribution in [-0.4, -0.2) is 54.6 Å². The Balaban J connectivity index is 1.78. The molecule has 2 rings (SSSR count). The monoisotopic (exact) mass is 225 g/mol. The van der Waals surface area contributed by atoms with Crippen molar-refractivity contribution in [2.45, 2.75) is 38.6 Å². The molecule has 2 N–H and O–H groups in total. The van der Waals surface area contributed by atoms with Gasteiger partial charge in [0.2, 0.25) is 0 Å². The van der Waals surface area contributed by atoms with Crippen molar-refractivity contribution in [2.75, 3.05) is 39.3 Å². The maximum atomic E-state index is 5.92. The Morgan fingerprint density at radius 1 is 1.19 bits per heavy atom. The second kappa shape index (κ2) is 5.03. The lowest BCUT2D eigenvalue weighted by Crippen LogP contribution is -2.58. The highest BCUT2D eigenvalue weighted by molar-refractivity contribution is 4.90. The van der Waals surface area contributed by atoms with Gasteiger partial charge >= 0.3 is 0 Å². The number of rotatable bonds is 5. The average molecular weight is 225 g/mol. The van der Waals surface area contributed by atoms with Crippen LogP contribution < -0.4 is 5.73 Å². The Kier molecular flexibility index (Phi) is 3.88. The fourth-order valence-corrected chi connectivity index (χ4v) is 2.63. The zero-order valence-electron chi connectivity index (χ0n) is 10.9. The standard InChI is InChI=1S/C13H27N3/c1-3-13(2,11-14)16-8-6-15(7-9-16)10-12-4-5-12/h12H,3-11,14H2,1-2H3. The maximum Gasteiger partial charge on any atom is 0.0302 e. The lowest BCUT2D eigenvalue weighted by molar-refractivity contribution is 0.0426. The van der Waals surface area contributed by atoms with Crippen molar-refractivity contribution in [3.63, 3.8) is 0 Å². The van der Waals surface area contributed by atoms with E-state index in [2.05, 4.69) is 23.6 Å². The van der Waals surface area contributed by atoms with Gasteiger partial charge in [-0.15, -0.1) is 0 Å². The molecule has 1 aliphatic heterocycles. The highest BCUT2D eigenvalue weighted by Crippen LogP contribution is 2.30. The van der Waals surface area contributed by atoms with Crippen molar-refractivity contribution in [2.24, 2.45) is 11.7 Å². The van der Waals surface area contributed by atoms with Crippen molar-refractivity contribution in [1.29, 1.82) is 0 Å².